The summed E-state index contributed by atoms with van der Waals surface area (Å²) in [6.45, 7) is 0.440. The van der Waals surface area contributed by atoms with Crippen molar-refractivity contribution >= 4 is 26.8 Å². The van der Waals surface area contributed by atoms with Crippen molar-refractivity contribution in [1.29, 1.82) is 0 Å². The second-order valence-corrected chi connectivity index (χ2v) is 9.90. The topological polar surface area (TPSA) is 105 Å². The summed E-state index contributed by atoms with van der Waals surface area (Å²) in [5.41, 5.74) is 0.517. The Labute approximate surface area is 183 Å². The molecule has 170 valence electrons. The van der Waals surface area contributed by atoms with Crippen LogP contribution < -0.4 is 5.32 Å². The SMILES string of the molecule is CNC(=O)C1(c2ccc3c(cnn3-c3cc(O)c(F)c(F)c3)c2)CCN(S(C)(=O)=O)CC1. The van der Waals surface area contributed by atoms with Gasteiger partial charge in [-0.1, -0.05) is 6.07 Å². The van der Waals surface area contributed by atoms with Crippen LogP contribution in [0.15, 0.2) is 36.5 Å². The van der Waals surface area contributed by atoms with Crippen molar-refractivity contribution in [3.05, 3.63) is 53.7 Å². The number of likely N-dealkylation sites (N-methyl/N-ethyl adjacent to an activating group) is 1. The van der Waals surface area contributed by atoms with E-state index in [1.54, 1.807) is 25.2 Å². The Morgan fingerprint density at radius 3 is 2.47 bits per heavy atom. The first-order chi connectivity index (χ1) is 15.1. The summed E-state index contributed by atoms with van der Waals surface area (Å²) in [7, 11) is -1.81. The number of piperidine rings is 1. The monoisotopic (exact) mass is 464 g/mol. The zero-order chi connectivity index (χ0) is 23.3. The predicted molar refractivity (Wildman–Crippen MR) is 114 cm³/mol. The van der Waals surface area contributed by atoms with Crippen LogP contribution >= 0.6 is 0 Å². The van der Waals surface area contributed by atoms with Crippen LogP contribution in [0.4, 0.5) is 8.78 Å². The van der Waals surface area contributed by atoms with E-state index in [-0.39, 0.29) is 24.7 Å². The van der Waals surface area contributed by atoms with Crippen LogP contribution in [-0.4, -0.2) is 59.9 Å². The van der Waals surface area contributed by atoms with Crippen LogP contribution in [0.1, 0.15) is 18.4 Å². The maximum atomic E-state index is 13.8. The van der Waals surface area contributed by atoms with E-state index in [0.717, 1.165) is 18.4 Å². The van der Waals surface area contributed by atoms with E-state index in [0.29, 0.717) is 29.3 Å². The van der Waals surface area contributed by atoms with Crippen molar-refractivity contribution in [1.82, 2.24) is 19.4 Å². The maximum Gasteiger partial charge on any atom is 0.230 e. The Balaban J connectivity index is 1.75. The molecule has 1 saturated heterocycles. The molecular weight excluding hydrogens is 442 g/mol. The first-order valence-corrected chi connectivity index (χ1v) is 11.8. The fourth-order valence-electron chi connectivity index (χ4n) is 4.30. The average molecular weight is 464 g/mol. The van der Waals surface area contributed by atoms with Crippen LogP contribution in [-0.2, 0) is 20.2 Å². The summed E-state index contributed by atoms with van der Waals surface area (Å²) in [6.07, 6.45) is 3.31. The Bertz CT molecular complexity index is 1290. The van der Waals surface area contributed by atoms with Crippen LogP contribution in [0.2, 0.25) is 0 Å². The Morgan fingerprint density at radius 2 is 1.88 bits per heavy atom. The number of sulfonamides is 1. The number of nitrogens with zero attached hydrogens (tertiary/aromatic N) is 3. The van der Waals surface area contributed by atoms with Gasteiger partial charge < -0.3 is 10.4 Å². The molecule has 2 N–H and O–H groups in total. The van der Waals surface area contributed by atoms with Gasteiger partial charge in [0.1, 0.15) is 0 Å². The number of carbonyl (C=O) groups is 1. The molecule has 4 rings (SSSR count). The number of nitrogens with one attached hydrogen (secondary N) is 1. The van der Waals surface area contributed by atoms with Crippen molar-refractivity contribution in [3.8, 4) is 11.4 Å². The van der Waals surface area contributed by atoms with E-state index in [1.165, 1.54) is 15.2 Å². The first-order valence-electron chi connectivity index (χ1n) is 9.91. The highest BCUT2D eigenvalue weighted by molar-refractivity contribution is 7.88. The van der Waals surface area contributed by atoms with E-state index >= 15 is 0 Å². The number of phenolic OH excluding ortho intramolecular Hbond substituents is 1. The maximum absolute atomic E-state index is 13.8. The van der Waals surface area contributed by atoms with E-state index in [9.17, 15) is 27.1 Å². The second kappa shape index (κ2) is 7.82. The molecule has 2 heterocycles. The Morgan fingerprint density at radius 1 is 1.19 bits per heavy atom. The average Bonchev–Trinajstić information content (AvgIpc) is 3.19. The second-order valence-electron chi connectivity index (χ2n) is 7.91. The fourth-order valence-corrected chi connectivity index (χ4v) is 5.15. The van der Waals surface area contributed by atoms with Gasteiger partial charge in [-0.3, -0.25) is 4.79 Å². The van der Waals surface area contributed by atoms with Crippen LogP contribution in [0.3, 0.4) is 0 Å². The number of hydrogen-bond donors (Lipinski definition) is 2. The zero-order valence-corrected chi connectivity index (χ0v) is 18.3. The molecule has 1 aromatic heterocycles. The molecule has 32 heavy (non-hydrogen) atoms. The fraction of sp³-hybridized carbons (Fsp3) is 0.333. The van der Waals surface area contributed by atoms with Gasteiger partial charge in [0, 0.05) is 37.7 Å². The molecule has 0 unspecified atom stereocenters. The molecule has 0 saturated carbocycles. The molecule has 1 aliphatic rings. The smallest absolute Gasteiger partial charge is 0.230 e. The molecular formula is C21H22F2N4O4S. The van der Waals surface area contributed by atoms with Gasteiger partial charge in [0.25, 0.3) is 0 Å². The van der Waals surface area contributed by atoms with Gasteiger partial charge >= 0.3 is 0 Å². The molecule has 11 heteroatoms. The lowest BCUT2D eigenvalue weighted by Crippen LogP contribution is -2.52. The number of aromatic nitrogens is 2. The third-order valence-corrected chi connectivity index (χ3v) is 7.37. The van der Waals surface area contributed by atoms with Crippen molar-refractivity contribution in [2.75, 3.05) is 26.4 Å². The summed E-state index contributed by atoms with van der Waals surface area (Å²) in [6, 6.07) is 7.27. The summed E-state index contributed by atoms with van der Waals surface area (Å²) < 4.78 is 53.7. The molecule has 3 aromatic rings. The number of benzene rings is 2. The zero-order valence-electron chi connectivity index (χ0n) is 17.5. The van der Waals surface area contributed by atoms with Crippen molar-refractivity contribution in [2.24, 2.45) is 0 Å². The van der Waals surface area contributed by atoms with E-state index in [4.69, 9.17) is 0 Å². The lowest BCUT2D eigenvalue weighted by molar-refractivity contribution is -0.127. The minimum absolute atomic E-state index is 0.145. The highest BCUT2D eigenvalue weighted by atomic mass is 32.2. The Kier molecular flexibility index (Phi) is 5.41. The van der Waals surface area contributed by atoms with Crippen molar-refractivity contribution in [2.45, 2.75) is 18.3 Å². The number of hydrogen-bond acceptors (Lipinski definition) is 5. The molecule has 0 spiro atoms. The quantitative estimate of drug-likeness (QED) is 0.615. The number of rotatable bonds is 4. The molecule has 0 bridgehead atoms. The highest BCUT2D eigenvalue weighted by Gasteiger charge is 2.44. The third kappa shape index (κ3) is 3.61. The lowest BCUT2D eigenvalue weighted by Gasteiger charge is -2.39. The van der Waals surface area contributed by atoms with Gasteiger partial charge in [0.15, 0.2) is 17.4 Å². The number of amides is 1. The third-order valence-electron chi connectivity index (χ3n) is 6.07. The first kappa shape index (κ1) is 22.2. The molecule has 1 aliphatic heterocycles. The molecule has 2 aromatic carbocycles. The summed E-state index contributed by atoms with van der Waals surface area (Å²) in [4.78, 5) is 12.9. The minimum atomic E-state index is -3.35. The summed E-state index contributed by atoms with van der Waals surface area (Å²) >= 11 is 0. The molecule has 0 atom stereocenters. The van der Waals surface area contributed by atoms with Crippen LogP contribution in [0, 0.1) is 11.6 Å². The standard InChI is InChI=1S/C21H22F2N4O4S/c1-24-20(29)21(5-7-26(8-6-21)32(2,30)31)14-3-4-17-13(9-14)12-25-27(17)15-10-16(22)19(23)18(28)11-15/h3-4,9-12,28H,5-8H2,1-2H3,(H,24,29). The molecule has 0 aliphatic carbocycles. The van der Waals surface area contributed by atoms with Crippen LogP contribution in [0.25, 0.3) is 16.6 Å². The summed E-state index contributed by atoms with van der Waals surface area (Å²) in [5, 5.41) is 17.2. The van der Waals surface area contributed by atoms with Gasteiger partial charge in [0.05, 0.1) is 29.1 Å². The number of phenols is 1. The minimum Gasteiger partial charge on any atom is -0.505 e. The molecule has 1 fully saturated rings. The largest absolute Gasteiger partial charge is 0.505 e. The number of carbonyl (C=O) groups excluding carboxylic acids is 1. The van der Waals surface area contributed by atoms with E-state index in [2.05, 4.69) is 10.4 Å². The number of halogens is 2. The van der Waals surface area contributed by atoms with Gasteiger partial charge in [-0.2, -0.15) is 9.49 Å². The molecule has 1 amide bonds. The summed E-state index contributed by atoms with van der Waals surface area (Å²) in [5.74, 6) is -3.56. The molecule has 8 nitrogen and oxygen atoms in total. The normalized spacial score (nSPS) is 16.9. The highest BCUT2D eigenvalue weighted by Crippen LogP contribution is 2.38. The van der Waals surface area contributed by atoms with E-state index in [1.807, 2.05) is 0 Å². The van der Waals surface area contributed by atoms with Crippen LogP contribution in [0.5, 0.6) is 5.75 Å². The number of fused-ring (bicyclic) bond motifs is 1. The lowest BCUT2D eigenvalue weighted by atomic mass is 9.72. The predicted octanol–water partition coefficient (Wildman–Crippen LogP) is 2.05. The van der Waals surface area contributed by atoms with Gasteiger partial charge in [-0.25, -0.2) is 21.8 Å². The number of aromatic hydroxyl groups is 1. The molecule has 0 radical (unpaired) electrons. The van der Waals surface area contributed by atoms with Gasteiger partial charge in [-0.05, 0) is 30.5 Å². The van der Waals surface area contributed by atoms with Crippen molar-refractivity contribution in [3.63, 3.8) is 0 Å². The van der Waals surface area contributed by atoms with Crippen molar-refractivity contribution < 1.29 is 27.1 Å². The van der Waals surface area contributed by atoms with Gasteiger partial charge in [-0.15, -0.1) is 0 Å². The van der Waals surface area contributed by atoms with E-state index < -0.39 is 32.8 Å². The van der Waals surface area contributed by atoms with Gasteiger partial charge in [0.2, 0.25) is 15.9 Å². The Hall–Kier alpha value is -3.05.